The van der Waals surface area contributed by atoms with Crippen molar-refractivity contribution in [3.63, 3.8) is 0 Å². The molecule has 3 aromatic rings. The van der Waals surface area contributed by atoms with E-state index < -0.39 is 5.82 Å². The number of thioether (sulfide) groups is 1. The quantitative estimate of drug-likeness (QED) is 0.481. The van der Waals surface area contributed by atoms with Crippen LogP contribution in [0.5, 0.6) is 0 Å². The third kappa shape index (κ3) is 3.29. The first-order chi connectivity index (χ1) is 12.6. The first kappa shape index (κ1) is 17.0. The fourth-order valence-corrected chi connectivity index (χ4v) is 3.93. The highest BCUT2D eigenvalue weighted by molar-refractivity contribution is 8.00. The summed E-state index contributed by atoms with van der Waals surface area (Å²) in [5.41, 5.74) is 3.57. The maximum absolute atomic E-state index is 13.8. The number of aromatic nitrogens is 2. The minimum atomic E-state index is -0.421. The molecule has 6 heteroatoms. The molecule has 1 unspecified atom stereocenters. The molecule has 4 nitrogen and oxygen atoms in total. The summed E-state index contributed by atoms with van der Waals surface area (Å²) in [4.78, 5) is 12.7. The number of hydrogen-bond donors (Lipinski definition) is 0. The number of rotatable bonds is 5. The molecule has 2 aromatic carbocycles. The van der Waals surface area contributed by atoms with Gasteiger partial charge in [0.1, 0.15) is 5.82 Å². The molecule has 1 aliphatic rings. The molecule has 1 heterocycles. The topological polar surface area (TPSA) is 56.0 Å². The van der Waals surface area contributed by atoms with Gasteiger partial charge in [-0.2, -0.15) is 0 Å². The number of Topliss-reactive ketones (excluding diaryl/α,β-unsaturated/α-hetero) is 1. The van der Waals surface area contributed by atoms with Crippen molar-refractivity contribution in [1.29, 1.82) is 0 Å². The second-order valence-corrected chi connectivity index (χ2v) is 7.61. The number of carbonyl (C=O) groups is 1. The first-order valence-electron chi connectivity index (χ1n) is 8.53. The van der Waals surface area contributed by atoms with Crippen molar-refractivity contribution < 1.29 is 13.6 Å². The smallest absolute Gasteiger partial charge is 0.277 e. The van der Waals surface area contributed by atoms with Crippen molar-refractivity contribution in [3.8, 4) is 11.5 Å². The zero-order chi connectivity index (χ0) is 18.1. The lowest BCUT2D eigenvalue weighted by Gasteiger charge is -2.09. The summed E-state index contributed by atoms with van der Waals surface area (Å²) in [6.45, 7) is 1.81. The van der Waals surface area contributed by atoms with Gasteiger partial charge in [0.15, 0.2) is 5.78 Å². The predicted octanol–water partition coefficient (Wildman–Crippen LogP) is 4.73. The van der Waals surface area contributed by atoms with Crippen molar-refractivity contribution in [2.24, 2.45) is 0 Å². The summed E-state index contributed by atoms with van der Waals surface area (Å²) >= 11 is 1.19. The highest BCUT2D eigenvalue weighted by atomic mass is 32.2. The number of halogens is 1. The lowest BCUT2D eigenvalue weighted by Crippen LogP contribution is -2.13. The third-order valence-electron chi connectivity index (χ3n) is 4.54. The van der Waals surface area contributed by atoms with E-state index in [2.05, 4.69) is 16.3 Å². The van der Waals surface area contributed by atoms with Crippen LogP contribution in [0, 0.1) is 5.82 Å². The highest BCUT2D eigenvalue weighted by Crippen LogP contribution is 2.30. The Bertz CT molecular complexity index is 970. The van der Waals surface area contributed by atoms with E-state index in [1.807, 2.05) is 19.1 Å². The Morgan fingerprint density at radius 3 is 2.81 bits per heavy atom. The molecule has 26 heavy (non-hydrogen) atoms. The fraction of sp³-hybridized carbons (Fsp3) is 0.250. The van der Waals surface area contributed by atoms with Gasteiger partial charge in [0.25, 0.3) is 11.1 Å². The second-order valence-electron chi connectivity index (χ2n) is 6.31. The molecule has 0 saturated carbocycles. The van der Waals surface area contributed by atoms with Crippen LogP contribution in [0.25, 0.3) is 11.5 Å². The Labute approximate surface area is 154 Å². The van der Waals surface area contributed by atoms with E-state index in [4.69, 9.17) is 4.42 Å². The van der Waals surface area contributed by atoms with E-state index in [1.54, 1.807) is 18.2 Å². The van der Waals surface area contributed by atoms with E-state index >= 15 is 0 Å². The van der Waals surface area contributed by atoms with Crippen molar-refractivity contribution >= 4 is 17.5 Å². The van der Waals surface area contributed by atoms with Crippen molar-refractivity contribution in [1.82, 2.24) is 10.2 Å². The molecular formula is C20H17FN2O2S. The molecule has 0 aliphatic heterocycles. The Kier molecular flexibility index (Phi) is 4.59. The first-order valence-corrected chi connectivity index (χ1v) is 9.41. The van der Waals surface area contributed by atoms with Crippen molar-refractivity contribution in [2.45, 2.75) is 36.7 Å². The van der Waals surface area contributed by atoms with Crippen LogP contribution >= 0.6 is 11.8 Å². The van der Waals surface area contributed by atoms with E-state index in [9.17, 15) is 9.18 Å². The summed E-state index contributed by atoms with van der Waals surface area (Å²) in [7, 11) is 0. The van der Waals surface area contributed by atoms with Crippen molar-refractivity contribution in [3.05, 3.63) is 65.0 Å². The average molecular weight is 368 g/mol. The molecule has 1 aromatic heterocycles. The molecule has 0 N–H and O–H groups in total. The molecule has 0 amide bonds. The molecule has 1 aliphatic carbocycles. The van der Waals surface area contributed by atoms with Crippen molar-refractivity contribution in [2.75, 3.05) is 0 Å². The number of fused-ring (bicyclic) bond motifs is 1. The number of hydrogen-bond acceptors (Lipinski definition) is 5. The van der Waals surface area contributed by atoms with Gasteiger partial charge in [-0.05, 0) is 55.5 Å². The second kappa shape index (κ2) is 7.03. The molecule has 0 radical (unpaired) electrons. The lowest BCUT2D eigenvalue weighted by atomic mass is 10.0. The molecule has 0 spiro atoms. The Morgan fingerprint density at radius 1 is 1.15 bits per heavy atom. The molecular weight excluding hydrogens is 351 g/mol. The van der Waals surface area contributed by atoms with Crippen LogP contribution in [0.1, 0.15) is 34.8 Å². The normalized spacial score (nSPS) is 14.2. The van der Waals surface area contributed by atoms with Gasteiger partial charge in [-0.25, -0.2) is 4.39 Å². The van der Waals surface area contributed by atoms with E-state index in [-0.39, 0.29) is 27.7 Å². The number of carbonyl (C=O) groups excluding carboxylic acids is 1. The Morgan fingerprint density at radius 2 is 1.96 bits per heavy atom. The van der Waals surface area contributed by atoms with E-state index in [0.29, 0.717) is 5.56 Å². The Balaban J connectivity index is 1.49. The van der Waals surface area contributed by atoms with Crippen LogP contribution < -0.4 is 0 Å². The van der Waals surface area contributed by atoms with Crippen LogP contribution in [-0.4, -0.2) is 21.2 Å². The molecule has 1 atom stereocenters. The van der Waals surface area contributed by atoms with Gasteiger partial charge in [0.2, 0.25) is 0 Å². The van der Waals surface area contributed by atoms with Gasteiger partial charge in [0, 0.05) is 5.56 Å². The summed E-state index contributed by atoms with van der Waals surface area (Å²) in [6, 6.07) is 12.2. The molecule has 0 saturated heterocycles. The Hall–Kier alpha value is -2.47. The van der Waals surface area contributed by atoms with Crippen LogP contribution in [-0.2, 0) is 12.8 Å². The number of benzene rings is 2. The zero-order valence-electron chi connectivity index (χ0n) is 14.2. The van der Waals surface area contributed by atoms with Gasteiger partial charge in [0.05, 0.1) is 10.8 Å². The summed E-state index contributed by atoms with van der Waals surface area (Å²) in [6.07, 6.45) is 3.28. The average Bonchev–Trinajstić information content (AvgIpc) is 3.30. The third-order valence-corrected chi connectivity index (χ3v) is 5.47. The highest BCUT2D eigenvalue weighted by Gasteiger charge is 2.22. The molecule has 0 fully saturated rings. The maximum atomic E-state index is 13.8. The summed E-state index contributed by atoms with van der Waals surface area (Å²) in [5, 5.41) is 7.71. The predicted molar refractivity (Wildman–Crippen MR) is 97.8 cm³/mol. The van der Waals surface area contributed by atoms with Crippen LogP contribution in [0.3, 0.4) is 0 Å². The summed E-state index contributed by atoms with van der Waals surface area (Å²) < 4.78 is 19.3. The lowest BCUT2D eigenvalue weighted by molar-refractivity contribution is 0.0993. The molecule has 132 valence electrons. The van der Waals surface area contributed by atoms with Crippen LogP contribution in [0.4, 0.5) is 4.39 Å². The van der Waals surface area contributed by atoms with Gasteiger partial charge < -0.3 is 4.42 Å². The van der Waals surface area contributed by atoms with E-state index in [1.165, 1.54) is 29.0 Å². The van der Waals surface area contributed by atoms with Crippen LogP contribution in [0.15, 0.2) is 52.1 Å². The molecule has 0 bridgehead atoms. The SMILES string of the molecule is CC(Sc1nnc(-c2ccccc2F)o1)C(=O)c1ccc2c(c1)CCC2. The fourth-order valence-electron chi connectivity index (χ4n) is 3.17. The standard InChI is InChI=1S/C20H17FN2O2S/c1-12(18(24)15-10-9-13-5-4-6-14(13)11-15)26-20-23-22-19(25-20)16-7-2-3-8-17(16)21/h2-3,7-12H,4-6H2,1H3. The van der Waals surface area contributed by atoms with Gasteiger partial charge in [-0.15, -0.1) is 10.2 Å². The largest absolute Gasteiger partial charge is 0.411 e. The van der Waals surface area contributed by atoms with E-state index in [0.717, 1.165) is 19.3 Å². The number of aryl methyl sites for hydroxylation is 2. The number of nitrogens with zero attached hydrogens (tertiary/aromatic N) is 2. The minimum absolute atomic E-state index is 0.0235. The maximum Gasteiger partial charge on any atom is 0.277 e. The monoisotopic (exact) mass is 368 g/mol. The minimum Gasteiger partial charge on any atom is -0.411 e. The number of ketones is 1. The van der Waals surface area contributed by atoms with Crippen LogP contribution in [0.2, 0.25) is 0 Å². The van der Waals surface area contributed by atoms with Gasteiger partial charge in [-0.1, -0.05) is 36.0 Å². The molecule has 4 rings (SSSR count). The van der Waals surface area contributed by atoms with Gasteiger partial charge in [-0.3, -0.25) is 4.79 Å². The van der Waals surface area contributed by atoms with Gasteiger partial charge >= 0.3 is 0 Å². The zero-order valence-corrected chi connectivity index (χ0v) is 15.1. The summed E-state index contributed by atoms with van der Waals surface area (Å²) in [5.74, 6) is -0.284.